The van der Waals surface area contributed by atoms with E-state index in [4.69, 9.17) is 9.47 Å². The molecule has 0 fully saturated rings. The molecule has 0 aromatic heterocycles. The van der Waals surface area contributed by atoms with Crippen LogP contribution in [0.4, 0.5) is 0 Å². The number of nitrogens with one attached hydrogen (secondary N) is 1. The summed E-state index contributed by atoms with van der Waals surface area (Å²) in [5, 5.41) is 2.91. The molecule has 0 saturated heterocycles. The minimum Gasteiger partial charge on any atom is -0.490 e. The van der Waals surface area contributed by atoms with Crippen molar-refractivity contribution in [2.24, 2.45) is 0 Å². The molecule has 1 aromatic carbocycles. The molecule has 0 unspecified atom stereocenters. The lowest BCUT2D eigenvalue weighted by Gasteiger charge is -2.20. The van der Waals surface area contributed by atoms with E-state index in [1.54, 1.807) is 7.05 Å². The average Bonchev–Trinajstić information content (AvgIpc) is 2.61. The summed E-state index contributed by atoms with van der Waals surface area (Å²) in [6.45, 7) is 5.69. The van der Waals surface area contributed by atoms with Crippen LogP contribution in [-0.4, -0.2) is 32.6 Å². The maximum absolute atomic E-state index is 12.4. The Labute approximate surface area is 128 Å². The number of benzene rings is 1. The molecular formula is C15H20BrNO3. The summed E-state index contributed by atoms with van der Waals surface area (Å²) in [7, 11) is 1.77. The number of Topliss-reactive ketones (excluding diaryl/α,β-unsaturated/α-hetero) is 1. The van der Waals surface area contributed by atoms with Crippen molar-refractivity contribution < 1.29 is 14.3 Å². The molecule has 4 nitrogen and oxygen atoms in total. The van der Waals surface area contributed by atoms with Crippen LogP contribution in [0, 0.1) is 0 Å². The Kier molecular flexibility index (Phi) is 5.05. The number of halogens is 1. The zero-order valence-corrected chi connectivity index (χ0v) is 13.7. The molecule has 1 aliphatic heterocycles. The summed E-state index contributed by atoms with van der Waals surface area (Å²) in [6, 6.07) is 1.84. The molecule has 0 spiro atoms. The monoisotopic (exact) mass is 341 g/mol. The van der Waals surface area contributed by atoms with E-state index < -0.39 is 0 Å². The highest BCUT2D eigenvalue weighted by molar-refractivity contribution is 9.10. The summed E-state index contributed by atoms with van der Waals surface area (Å²) >= 11 is 3.51. The van der Waals surface area contributed by atoms with Gasteiger partial charge in [0.25, 0.3) is 0 Å². The molecule has 0 aliphatic carbocycles. The van der Waals surface area contributed by atoms with Crippen molar-refractivity contribution >= 4 is 21.7 Å². The van der Waals surface area contributed by atoms with Gasteiger partial charge in [-0.2, -0.15) is 0 Å². The van der Waals surface area contributed by atoms with Crippen LogP contribution in [-0.2, 0) is 0 Å². The van der Waals surface area contributed by atoms with Crippen molar-refractivity contribution in [2.75, 3.05) is 26.8 Å². The molecule has 2 rings (SSSR count). The number of carbonyl (C=O) groups excluding carboxylic acids is 1. The third kappa shape index (κ3) is 2.99. The minimum absolute atomic E-state index is 0.0544. The fourth-order valence-electron chi connectivity index (χ4n) is 2.38. The molecule has 0 saturated carbocycles. The van der Waals surface area contributed by atoms with Gasteiger partial charge in [-0.3, -0.25) is 4.79 Å². The van der Waals surface area contributed by atoms with Crippen LogP contribution in [0.5, 0.6) is 11.5 Å². The molecule has 110 valence electrons. The van der Waals surface area contributed by atoms with Crippen molar-refractivity contribution in [3.8, 4) is 11.5 Å². The number of hydrogen-bond donors (Lipinski definition) is 1. The summed E-state index contributed by atoms with van der Waals surface area (Å²) in [4.78, 5) is 12.4. The molecule has 1 aromatic rings. The normalized spacial score (nSPS) is 14.2. The lowest BCUT2D eigenvalue weighted by Crippen LogP contribution is -2.21. The summed E-state index contributed by atoms with van der Waals surface area (Å²) in [5.74, 6) is 1.68. The van der Waals surface area contributed by atoms with E-state index in [1.165, 1.54) is 0 Å². The second kappa shape index (κ2) is 6.59. The first-order valence-electron chi connectivity index (χ1n) is 6.86. The van der Waals surface area contributed by atoms with Gasteiger partial charge in [-0.1, -0.05) is 13.8 Å². The van der Waals surface area contributed by atoms with Gasteiger partial charge in [0, 0.05) is 22.0 Å². The highest BCUT2D eigenvalue weighted by atomic mass is 79.9. The topological polar surface area (TPSA) is 47.6 Å². The van der Waals surface area contributed by atoms with Crippen LogP contribution in [0.3, 0.4) is 0 Å². The summed E-state index contributed by atoms with van der Waals surface area (Å²) in [6.07, 6.45) is 0.851. The molecule has 0 atom stereocenters. The zero-order chi connectivity index (χ0) is 14.7. The number of ketones is 1. The molecule has 1 N–H and O–H groups in total. The summed E-state index contributed by atoms with van der Waals surface area (Å²) in [5.41, 5.74) is 1.62. The highest BCUT2D eigenvalue weighted by Crippen LogP contribution is 2.43. The average molecular weight is 342 g/mol. The molecule has 5 heteroatoms. The van der Waals surface area contributed by atoms with Gasteiger partial charge in [0.2, 0.25) is 0 Å². The first-order chi connectivity index (χ1) is 9.56. The number of ether oxygens (including phenoxy) is 2. The van der Waals surface area contributed by atoms with Crippen molar-refractivity contribution in [3.63, 3.8) is 0 Å². The Hall–Kier alpha value is -1.07. The van der Waals surface area contributed by atoms with Crippen molar-refractivity contribution in [3.05, 3.63) is 21.7 Å². The van der Waals surface area contributed by atoms with E-state index in [9.17, 15) is 4.79 Å². The fraction of sp³-hybridized carbons (Fsp3) is 0.533. The number of carbonyl (C=O) groups is 1. The Balaban J connectivity index is 2.61. The van der Waals surface area contributed by atoms with Crippen molar-refractivity contribution in [1.82, 2.24) is 5.32 Å². The van der Waals surface area contributed by atoms with E-state index in [0.717, 1.165) is 28.0 Å². The van der Waals surface area contributed by atoms with Gasteiger partial charge in [0.1, 0.15) is 0 Å². The molecule has 0 radical (unpaired) electrons. The van der Waals surface area contributed by atoms with E-state index in [-0.39, 0.29) is 11.7 Å². The van der Waals surface area contributed by atoms with Crippen LogP contribution < -0.4 is 14.8 Å². The van der Waals surface area contributed by atoms with Crippen LogP contribution in [0.15, 0.2) is 10.5 Å². The van der Waals surface area contributed by atoms with Crippen molar-refractivity contribution in [2.45, 2.75) is 26.2 Å². The van der Waals surface area contributed by atoms with Gasteiger partial charge >= 0.3 is 0 Å². The van der Waals surface area contributed by atoms with Gasteiger partial charge in [-0.25, -0.2) is 0 Å². The quantitative estimate of drug-likeness (QED) is 0.854. The minimum atomic E-state index is 0.0544. The third-order valence-electron chi connectivity index (χ3n) is 3.22. The number of fused-ring (bicyclic) bond motifs is 1. The zero-order valence-electron chi connectivity index (χ0n) is 12.1. The van der Waals surface area contributed by atoms with Gasteiger partial charge < -0.3 is 14.8 Å². The summed E-state index contributed by atoms with van der Waals surface area (Å²) < 4.78 is 12.3. The molecule has 0 amide bonds. The number of rotatable bonds is 4. The Bertz CT molecular complexity index is 514. The Morgan fingerprint density at radius 3 is 2.75 bits per heavy atom. The Morgan fingerprint density at radius 1 is 1.40 bits per heavy atom. The molecule has 20 heavy (non-hydrogen) atoms. The van der Waals surface area contributed by atoms with Crippen LogP contribution in [0.25, 0.3) is 0 Å². The van der Waals surface area contributed by atoms with Gasteiger partial charge in [0.15, 0.2) is 17.3 Å². The van der Waals surface area contributed by atoms with E-state index in [2.05, 4.69) is 35.1 Å². The Morgan fingerprint density at radius 2 is 2.10 bits per heavy atom. The first-order valence-corrected chi connectivity index (χ1v) is 7.65. The standard InChI is InChI=1S/C15H20BrNO3/c1-9(2)13-14(11(18)8-17-3)10(16)7-12-15(13)20-6-4-5-19-12/h7,9,17H,4-6,8H2,1-3H3. The number of hydrogen-bond acceptors (Lipinski definition) is 4. The second-order valence-electron chi connectivity index (χ2n) is 5.13. The molecule has 1 aliphatic rings. The SMILES string of the molecule is CNCC(=O)c1c(Br)cc2c(c1C(C)C)OCCCO2. The fourth-order valence-corrected chi connectivity index (χ4v) is 3.02. The first kappa shape index (κ1) is 15.3. The second-order valence-corrected chi connectivity index (χ2v) is 5.99. The lowest BCUT2D eigenvalue weighted by atomic mass is 9.93. The van der Waals surface area contributed by atoms with E-state index in [0.29, 0.717) is 25.3 Å². The smallest absolute Gasteiger partial charge is 0.178 e. The number of likely N-dealkylation sites (N-methyl/N-ethyl adjacent to an activating group) is 1. The van der Waals surface area contributed by atoms with E-state index >= 15 is 0 Å². The van der Waals surface area contributed by atoms with Crippen LogP contribution >= 0.6 is 15.9 Å². The highest BCUT2D eigenvalue weighted by Gasteiger charge is 2.26. The van der Waals surface area contributed by atoms with E-state index in [1.807, 2.05) is 6.07 Å². The van der Waals surface area contributed by atoms with Gasteiger partial charge in [-0.05, 0) is 35.0 Å². The maximum atomic E-state index is 12.4. The predicted molar refractivity (Wildman–Crippen MR) is 82.1 cm³/mol. The van der Waals surface area contributed by atoms with Gasteiger partial charge in [-0.15, -0.1) is 0 Å². The van der Waals surface area contributed by atoms with Crippen molar-refractivity contribution in [1.29, 1.82) is 0 Å². The third-order valence-corrected chi connectivity index (χ3v) is 3.85. The molecule has 1 heterocycles. The molecule has 0 bridgehead atoms. The maximum Gasteiger partial charge on any atom is 0.178 e. The lowest BCUT2D eigenvalue weighted by molar-refractivity contribution is 0.0991. The predicted octanol–water partition coefficient (Wildman–Crippen LogP) is 3.14. The van der Waals surface area contributed by atoms with Gasteiger partial charge in [0.05, 0.1) is 19.8 Å². The van der Waals surface area contributed by atoms with Crippen LogP contribution in [0.1, 0.15) is 42.1 Å². The largest absolute Gasteiger partial charge is 0.490 e. The van der Waals surface area contributed by atoms with Crippen LogP contribution in [0.2, 0.25) is 0 Å². The molecular weight excluding hydrogens is 322 g/mol.